The molecule has 0 amide bonds. The van der Waals surface area contributed by atoms with Gasteiger partial charge in [-0.2, -0.15) is 4.98 Å². The Kier molecular flexibility index (Phi) is 4.60. The standard InChI is InChI=1S/C16H16N4OS/c1-21-14-8-10-18-16(20-14)17-9-7-13-11-22-15(19-13)12-5-3-2-4-6-12/h2-6,8,10-11H,7,9H2,1H3,(H,17,18,20). The fraction of sp³-hybridized carbons (Fsp3) is 0.188. The van der Waals surface area contributed by atoms with Crippen LogP contribution in [0.5, 0.6) is 5.88 Å². The van der Waals surface area contributed by atoms with E-state index in [0.29, 0.717) is 11.8 Å². The first kappa shape index (κ1) is 14.5. The van der Waals surface area contributed by atoms with E-state index < -0.39 is 0 Å². The molecule has 0 saturated heterocycles. The van der Waals surface area contributed by atoms with Crippen LogP contribution in [-0.4, -0.2) is 28.6 Å². The second-order valence-corrected chi connectivity index (χ2v) is 5.47. The van der Waals surface area contributed by atoms with Crippen molar-refractivity contribution in [2.24, 2.45) is 0 Å². The number of hydrogen-bond donors (Lipinski definition) is 1. The fourth-order valence-corrected chi connectivity index (χ4v) is 2.84. The third-order valence-corrected chi connectivity index (χ3v) is 4.02. The second-order valence-electron chi connectivity index (χ2n) is 4.61. The number of thiazole rings is 1. The highest BCUT2D eigenvalue weighted by Crippen LogP contribution is 2.23. The van der Waals surface area contributed by atoms with Gasteiger partial charge in [0.2, 0.25) is 11.8 Å². The van der Waals surface area contributed by atoms with Crippen molar-refractivity contribution in [1.82, 2.24) is 15.0 Å². The molecule has 0 unspecified atom stereocenters. The Labute approximate surface area is 133 Å². The molecule has 22 heavy (non-hydrogen) atoms. The third kappa shape index (κ3) is 3.59. The Morgan fingerprint density at radius 1 is 1.14 bits per heavy atom. The second kappa shape index (κ2) is 7.00. The van der Waals surface area contributed by atoms with Gasteiger partial charge in [-0.15, -0.1) is 11.3 Å². The molecule has 2 heterocycles. The molecule has 3 rings (SSSR count). The Hall–Kier alpha value is -2.47. The minimum Gasteiger partial charge on any atom is -0.481 e. The maximum absolute atomic E-state index is 5.07. The lowest BCUT2D eigenvalue weighted by Crippen LogP contribution is -2.08. The molecule has 0 saturated carbocycles. The van der Waals surface area contributed by atoms with E-state index in [9.17, 15) is 0 Å². The van der Waals surface area contributed by atoms with Gasteiger partial charge < -0.3 is 10.1 Å². The highest BCUT2D eigenvalue weighted by molar-refractivity contribution is 7.13. The van der Waals surface area contributed by atoms with E-state index >= 15 is 0 Å². The van der Waals surface area contributed by atoms with Crippen molar-refractivity contribution in [1.29, 1.82) is 0 Å². The summed E-state index contributed by atoms with van der Waals surface area (Å²) < 4.78 is 5.07. The molecule has 2 aromatic heterocycles. The molecule has 0 atom stereocenters. The van der Waals surface area contributed by atoms with E-state index in [1.807, 2.05) is 18.2 Å². The molecular formula is C16H16N4OS. The number of anilines is 1. The Morgan fingerprint density at radius 2 is 2.00 bits per heavy atom. The van der Waals surface area contributed by atoms with Gasteiger partial charge in [-0.25, -0.2) is 9.97 Å². The molecule has 5 nitrogen and oxygen atoms in total. The van der Waals surface area contributed by atoms with Crippen LogP contribution >= 0.6 is 11.3 Å². The summed E-state index contributed by atoms with van der Waals surface area (Å²) in [7, 11) is 1.59. The van der Waals surface area contributed by atoms with E-state index in [2.05, 4.69) is 37.8 Å². The third-order valence-electron chi connectivity index (χ3n) is 3.08. The molecule has 0 fully saturated rings. The molecule has 0 aliphatic heterocycles. The number of nitrogens with one attached hydrogen (secondary N) is 1. The fourth-order valence-electron chi connectivity index (χ4n) is 1.98. The van der Waals surface area contributed by atoms with Gasteiger partial charge >= 0.3 is 0 Å². The summed E-state index contributed by atoms with van der Waals surface area (Å²) in [6, 6.07) is 11.9. The largest absolute Gasteiger partial charge is 0.481 e. The molecule has 1 N–H and O–H groups in total. The Morgan fingerprint density at radius 3 is 2.82 bits per heavy atom. The zero-order valence-electron chi connectivity index (χ0n) is 12.2. The van der Waals surface area contributed by atoms with Crippen LogP contribution < -0.4 is 10.1 Å². The van der Waals surface area contributed by atoms with Crippen LogP contribution in [-0.2, 0) is 6.42 Å². The molecule has 3 aromatic rings. The topological polar surface area (TPSA) is 59.9 Å². The summed E-state index contributed by atoms with van der Waals surface area (Å²) in [4.78, 5) is 13.0. The Bertz CT molecular complexity index is 730. The summed E-state index contributed by atoms with van der Waals surface area (Å²) in [5.74, 6) is 1.12. The lowest BCUT2D eigenvalue weighted by Gasteiger charge is -2.04. The van der Waals surface area contributed by atoms with Crippen LogP contribution in [0.3, 0.4) is 0 Å². The summed E-state index contributed by atoms with van der Waals surface area (Å²) in [5.41, 5.74) is 2.22. The number of nitrogens with zero attached hydrogens (tertiary/aromatic N) is 3. The van der Waals surface area contributed by atoms with Crippen molar-refractivity contribution < 1.29 is 4.74 Å². The van der Waals surface area contributed by atoms with Crippen molar-refractivity contribution in [3.63, 3.8) is 0 Å². The highest BCUT2D eigenvalue weighted by atomic mass is 32.1. The average Bonchev–Trinajstić information content (AvgIpc) is 3.05. The summed E-state index contributed by atoms with van der Waals surface area (Å²) in [5, 5.41) is 6.32. The zero-order chi connectivity index (χ0) is 15.2. The number of hydrogen-bond acceptors (Lipinski definition) is 6. The maximum Gasteiger partial charge on any atom is 0.225 e. The molecule has 0 aliphatic carbocycles. The summed E-state index contributed by atoms with van der Waals surface area (Å²) >= 11 is 1.66. The van der Waals surface area contributed by atoms with E-state index in [1.165, 1.54) is 0 Å². The van der Waals surface area contributed by atoms with E-state index in [4.69, 9.17) is 4.74 Å². The molecular weight excluding hydrogens is 296 g/mol. The van der Waals surface area contributed by atoms with Gasteiger partial charge in [-0.05, 0) is 0 Å². The van der Waals surface area contributed by atoms with Crippen LogP contribution in [0.1, 0.15) is 5.69 Å². The van der Waals surface area contributed by atoms with E-state index in [0.717, 1.165) is 29.2 Å². The van der Waals surface area contributed by atoms with Gasteiger partial charge in [-0.3, -0.25) is 0 Å². The molecule has 0 radical (unpaired) electrons. The van der Waals surface area contributed by atoms with Crippen LogP contribution in [0.4, 0.5) is 5.95 Å². The molecule has 1 aromatic carbocycles. The van der Waals surface area contributed by atoms with Crippen molar-refractivity contribution in [3.8, 4) is 16.5 Å². The van der Waals surface area contributed by atoms with Gasteiger partial charge in [0.25, 0.3) is 0 Å². The van der Waals surface area contributed by atoms with Crippen molar-refractivity contribution >= 4 is 17.3 Å². The average molecular weight is 312 g/mol. The number of aromatic nitrogens is 3. The minimum atomic E-state index is 0.553. The van der Waals surface area contributed by atoms with E-state index in [1.54, 1.807) is 30.7 Å². The number of methoxy groups -OCH3 is 1. The summed E-state index contributed by atoms with van der Waals surface area (Å²) in [6.07, 6.45) is 2.49. The molecule has 0 bridgehead atoms. The van der Waals surface area contributed by atoms with Crippen molar-refractivity contribution in [3.05, 3.63) is 53.7 Å². The number of benzene rings is 1. The van der Waals surface area contributed by atoms with Crippen LogP contribution in [0.15, 0.2) is 48.0 Å². The van der Waals surface area contributed by atoms with Gasteiger partial charge in [0.1, 0.15) is 5.01 Å². The predicted molar refractivity (Wildman–Crippen MR) is 88.3 cm³/mol. The number of rotatable bonds is 6. The van der Waals surface area contributed by atoms with Gasteiger partial charge in [0.05, 0.1) is 12.8 Å². The van der Waals surface area contributed by atoms with Crippen LogP contribution in [0, 0.1) is 0 Å². The minimum absolute atomic E-state index is 0.553. The maximum atomic E-state index is 5.07. The highest BCUT2D eigenvalue weighted by Gasteiger charge is 2.04. The molecule has 0 aliphatic rings. The number of ether oxygens (including phenoxy) is 1. The normalized spacial score (nSPS) is 10.4. The van der Waals surface area contributed by atoms with Crippen LogP contribution in [0.25, 0.3) is 10.6 Å². The zero-order valence-corrected chi connectivity index (χ0v) is 13.0. The summed E-state index contributed by atoms with van der Waals surface area (Å²) in [6.45, 7) is 0.727. The van der Waals surface area contributed by atoms with Crippen LogP contribution in [0.2, 0.25) is 0 Å². The first-order chi connectivity index (χ1) is 10.8. The molecule has 112 valence electrons. The van der Waals surface area contributed by atoms with Gasteiger partial charge in [0, 0.05) is 36.2 Å². The quantitative estimate of drug-likeness (QED) is 0.757. The predicted octanol–water partition coefficient (Wildman–Crippen LogP) is 3.26. The lowest BCUT2D eigenvalue weighted by atomic mass is 10.2. The lowest BCUT2D eigenvalue weighted by molar-refractivity contribution is 0.397. The first-order valence-corrected chi connectivity index (χ1v) is 7.84. The SMILES string of the molecule is COc1ccnc(NCCc2csc(-c3ccccc3)n2)n1. The Balaban J connectivity index is 1.57. The van der Waals surface area contributed by atoms with Gasteiger partial charge in [-0.1, -0.05) is 30.3 Å². The molecule has 0 spiro atoms. The van der Waals surface area contributed by atoms with Gasteiger partial charge in [0.15, 0.2) is 0 Å². The molecule has 6 heteroatoms. The van der Waals surface area contributed by atoms with E-state index in [-0.39, 0.29) is 0 Å². The van der Waals surface area contributed by atoms with Crippen molar-refractivity contribution in [2.75, 3.05) is 19.0 Å². The smallest absolute Gasteiger partial charge is 0.225 e. The monoisotopic (exact) mass is 312 g/mol. The van der Waals surface area contributed by atoms with Crippen molar-refractivity contribution in [2.45, 2.75) is 6.42 Å². The first-order valence-electron chi connectivity index (χ1n) is 6.96.